The molecule has 2 atom stereocenters. The Morgan fingerprint density at radius 1 is 0.977 bits per heavy atom. The van der Waals surface area contributed by atoms with Crippen molar-refractivity contribution in [2.45, 2.75) is 31.6 Å². The number of anilines is 1. The molecule has 44 heavy (non-hydrogen) atoms. The number of aliphatic imine (C=N–C) groups is 1. The van der Waals surface area contributed by atoms with Crippen LogP contribution in [0.25, 0.3) is 6.08 Å². The zero-order chi connectivity index (χ0) is 30.2. The number of ether oxygens (including phenoxy) is 1. The second-order valence-electron chi connectivity index (χ2n) is 11.2. The van der Waals surface area contributed by atoms with Gasteiger partial charge in [0, 0.05) is 30.6 Å². The maximum absolute atomic E-state index is 13.1. The number of phenols is 1. The zero-order valence-corrected chi connectivity index (χ0v) is 27.3. The van der Waals surface area contributed by atoms with Crippen LogP contribution in [0.5, 0.6) is 11.5 Å². The molecule has 1 fully saturated rings. The summed E-state index contributed by atoms with van der Waals surface area (Å²) < 4.78 is 6.25. The number of amides is 1. The first-order chi connectivity index (χ1) is 21.5. The number of amidine groups is 1. The smallest absolute Gasteiger partial charge is 0.264 e. The summed E-state index contributed by atoms with van der Waals surface area (Å²) in [5.41, 5.74) is 8.26. The van der Waals surface area contributed by atoms with Crippen LogP contribution >= 0.6 is 34.4 Å². The number of carbonyl (C=O) groups is 1. The zero-order valence-electron chi connectivity index (χ0n) is 24.3. The molecule has 7 rings (SSSR count). The van der Waals surface area contributed by atoms with E-state index in [1.165, 1.54) is 39.7 Å². The number of rotatable bonds is 6. The lowest BCUT2D eigenvalue weighted by Crippen LogP contribution is -2.37. The molecule has 0 spiro atoms. The van der Waals surface area contributed by atoms with Gasteiger partial charge in [-0.2, -0.15) is 0 Å². The summed E-state index contributed by atoms with van der Waals surface area (Å²) in [6.45, 7) is 4.38. The molecule has 0 bridgehead atoms. The Balaban J connectivity index is 1.29. The van der Waals surface area contributed by atoms with Gasteiger partial charge in [0.25, 0.3) is 5.91 Å². The van der Waals surface area contributed by atoms with E-state index in [0.717, 1.165) is 37.2 Å². The number of nitrogens with zero attached hydrogens (tertiary/aromatic N) is 2. The van der Waals surface area contributed by atoms with Gasteiger partial charge in [-0.05, 0) is 112 Å². The summed E-state index contributed by atoms with van der Waals surface area (Å²) in [4.78, 5) is 21.2. The van der Waals surface area contributed by atoms with Gasteiger partial charge in [-0.25, -0.2) is 4.99 Å². The topological polar surface area (TPSA) is 74.2 Å². The summed E-state index contributed by atoms with van der Waals surface area (Å²) in [7, 11) is 0. The third-order valence-electron chi connectivity index (χ3n) is 8.53. The van der Waals surface area contributed by atoms with Crippen LogP contribution in [0.15, 0.2) is 94.8 Å². The fraction of sp³-hybridized carbons (Fsp3) is 0.222. The fourth-order valence-electron chi connectivity index (χ4n) is 6.60. The highest BCUT2D eigenvalue weighted by Gasteiger charge is 2.35. The van der Waals surface area contributed by atoms with Gasteiger partial charge >= 0.3 is 0 Å². The standard InChI is InChI=1S/C36H32IN3O3S/c1-2-43-31-18-22(17-30(37)34(31)41)19-32-35(42)39-36(44-32)38-25-20-28-26(23-9-5-3-6-10-23)13-15-40-16-14-27(29(21-25)33(28)40)24-11-7-4-8-12-24/h3-12,17-21,26-27,41H,2,13-16H2,1H3,(H,38,39,42)/b32-19-/t26-,27-/m0/s1. The summed E-state index contributed by atoms with van der Waals surface area (Å²) in [5.74, 6) is 0.895. The van der Waals surface area contributed by atoms with Crippen molar-refractivity contribution in [1.29, 1.82) is 0 Å². The first-order valence-electron chi connectivity index (χ1n) is 15.0. The van der Waals surface area contributed by atoms with Crippen molar-refractivity contribution in [2.75, 3.05) is 24.6 Å². The fourth-order valence-corrected chi connectivity index (χ4v) is 8.06. The summed E-state index contributed by atoms with van der Waals surface area (Å²) in [6.07, 6.45) is 3.93. The van der Waals surface area contributed by atoms with Gasteiger partial charge in [-0.15, -0.1) is 0 Å². The first kappa shape index (κ1) is 29.0. The number of carbonyl (C=O) groups excluding carboxylic acids is 1. The molecule has 0 unspecified atom stereocenters. The maximum Gasteiger partial charge on any atom is 0.264 e. The Kier molecular flexibility index (Phi) is 8.12. The minimum absolute atomic E-state index is 0.109. The molecule has 3 heterocycles. The number of thioether (sulfide) groups is 1. The van der Waals surface area contributed by atoms with Crippen molar-refractivity contribution in [2.24, 2.45) is 4.99 Å². The number of aromatic hydroxyl groups is 1. The number of halogens is 1. The summed E-state index contributed by atoms with van der Waals surface area (Å²) in [6, 6.07) is 29.6. The number of hydrogen-bond acceptors (Lipinski definition) is 6. The number of phenolic OH excluding ortho intramolecular Hbond substituents is 1. The van der Waals surface area contributed by atoms with Crippen LogP contribution in [-0.4, -0.2) is 35.9 Å². The van der Waals surface area contributed by atoms with Gasteiger partial charge in [-0.3, -0.25) is 4.79 Å². The third-order valence-corrected chi connectivity index (χ3v) is 10.3. The average molecular weight is 714 g/mol. The number of hydrogen-bond donors (Lipinski definition) is 2. The second-order valence-corrected chi connectivity index (χ2v) is 13.4. The molecular formula is C36H32IN3O3S. The molecule has 6 nitrogen and oxygen atoms in total. The van der Waals surface area contributed by atoms with Crippen LogP contribution in [0.3, 0.4) is 0 Å². The van der Waals surface area contributed by atoms with Crippen molar-refractivity contribution >= 4 is 62.9 Å². The Morgan fingerprint density at radius 2 is 1.59 bits per heavy atom. The van der Waals surface area contributed by atoms with Crippen LogP contribution in [-0.2, 0) is 4.79 Å². The molecule has 1 amide bonds. The molecule has 222 valence electrons. The highest BCUT2D eigenvalue weighted by atomic mass is 127. The molecule has 4 aromatic rings. The van der Waals surface area contributed by atoms with Gasteiger partial charge in [0.15, 0.2) is 16.7 Å². The highest BCUT2D eigenvalue weighted by molar-refractivity contribution is 14.1. The molecule has 1 saturated heterocycles. The summed E-state index contributed by atoms with van der Waals surface area (Å²) in [5, 5.41) is 13.9. The minimum Gasteiger partial charge on any atom is -0.504 e. The predicted molar refractivity (Wildman–Crippen MR) is 187 cm³/mol. The SMILES string of the molecule is CCOc1cc(/C=C2\SC(=Nc3cc4c5c(c3)[C@H](c3ccccc3)CCN5CC[C@H]4c3ccccc3)NC2=O)cc(I)c1O. The molecule has 0 aliphatic carbocycles. The molecule has 3 aliphatic heterocycles. The molecule has 3 aliphatic rings. The molecule has 2 N–H and O–H groups in total. The lowest BCUT2D eigenvalue weighted by Gasteiger charge is -2.43. The number of benzene rings is 4. The second kappa shape index (κ2) is 12.3. The van der Waals surface area contributed by atoms with Crippen molar-refractivity contribution < 1.29 is 14.6 Å². The lowest BCUT2D eigenvalue weighted by atomic mass is 9.76. The Labute approximate surface area is 275 Å². The Bertz CT molecular complexity index is 1720. The first-order valence-corrected chi connectivity index (χ1v) is 16.9. The predicted octanol–water partition coefficient (Wildman–Crippen LogP) is 8.16. The van der Waals surface area contributed by atoms with Gasteiger partial charge < -0.3 is 20.1 Å². The van der Waals surface area contributed by atoms with Crippen LogP contribution in [0.2, 0.25) is 0 Å². The lowest BCUT2D eigenvalue weighted by molar-refractivity contribution is -0.115. The minimum atomic E-state index is -0.190. The molecule has 8 heteroatoms. The van der Waals surface area contributed by atoms with E-state index in [-0.39, 0.29) is 23.5 Å². The quantitative estimate of drug-likeness (QED) is 0.156. The van der Waals surface area contributed by atoms with Crippen molar-refractivity contribution in [1.82, 2.24) is 5.32 Å². The van der Waals surface area contributed by atoms with E-state index in [1.54, 1.807) is 6.07 Å². The van der Waals surface area contributed by atoms with Crippen molar-refractivity contribution in [3.05, 3.63) is 121 Å². The Hall–Kier alpha value is -3.76. The largest absolute Gasteiger partial charge is 0.504 e. The van der Waals surface area contributed by atoms with E-state index >= 15 is 0 Å². The molecule has 0 radical (unpaired) electrons. The van der Waals surface area contributed by atoms with Crippen molar-refractivity contribution in [3.8, 4) is 11.5 Å². The molecule has 0 aromatic heterocycles. The van der Waals surface area contributed by atoms with Gasteiger partial charge in [0.1, 0.15) is 0 Å². The maximum atomic E-state index is 13.1. The molecule has 4 aromatic carbocycles. The Morgan fingerprint density at radius 3 is 2.18 bits per heavy atom. The monoisotopic (exact) mass is 713 g/mol. The van der Waals surface area contributed by atoms with E-state index in [2.05, 4.69) is 106 Å². The van der Waals surface area contributed by atoms with E-state index in [4.69, 9.17) is 9.73 Å². The van der Waals surface area contributed by atoms with Crippen LogP contribution in [0, 0.1) is 3.57 Å². The molecular weight excluding hydrogens is 681 g/mol. The van der Waals surface area contributed by atoms with Crippen molar-refractivity contribution in [3.63, 3.8) is 0 Å². The van der Waals surface area contributed by atoms with E-state index < -0.39 is 0 Å². The molecule has 0 saturated carbocycles. The average Bonchev–Trinajstić information content (AvgIpc) is 3.38. The van der Waals surface area contributed by atoms with Crippen LogP contribution in [0.4, 0.5) is 11.4 Å². The van der Waals surface area contributed by atoms with Gasteiger partial charge in [-0.1, -0.05) is 60.7 Å². The van der Waals surface area contributed by atoms with Gasteiger partial charge in [0.2, 0.25) is 0 Å². The summed E-state index contributed by atoms with van der Waals surface area (Å²) >= 11 is 3.41. The van der Waals surface area contributed by atoms with E-state index in [1.807, 2.05) is 19.1 Å². The highest BCUT2D eigenvalue weighted by Crippen LogP contribution is 2.50. The van der Waals surface area contributed by atoms with E-state index in [9.17, 15) is 9.90 Å². The number of nitrogens with one attached hydrogen (secondary N) is 1. The van der Waals surface area contributed by atoms with E-state index in [0.29, 0.717) is 26.0 Å². The van der Waals surface area contributed by atoms with Crippen LogP contribution in [0.1, 0.15) is 59.4 Å². The third kappa shape index (κ3) is 5.61. The van der Waals surface area contributed by atoms with Crippen LogP contribution < -0.4 is 15.0 Å². The normalized spacial score (nSPS) is 21.0. The van der Waals surface area contributed by atoms with Gasteiger partial charge in [0.05, 0.1) is 20.8 Å².